The predicted octanol–water partition coefficient (Wildman–Crippen LogP) is 2.32. The number of hydrogen-bond acceptors (Lipinski definition) is 3. The van der Waals surface area contributed by atoms with E-state index in [-0.39, 0.29) is 0 Å². The van der Waals surface area contributed by atoms with E-state index < -0.39 is 0 Å². The van der Waals surface area contributed by atoms with Gasteiger partial charge in [0.25, 0.3) is 0 Å². The quantitative estimate of drug-likeness (QED) is 0.461. The molecular weight excluding hydrogens is 278 g/mol. The van der Waals surface area contributed by atoms with Gasteiger partial charge in [0.2, 0.25) is 0 Å². The third-order valence-electron chi connectivity index (χ3n) is 3.86. The molecule has 0 spiro atoms. The van der Waals surface area contributed by atoms with Crippen LogP contribution in [0.2, 0.25) is 0 Å². The lowest BCUT2D eigenvalue weighted by atomic mass is 10.2. The zero-order valence-electron chi connectivity index (χ0n) is 13.6. The average Bonchev–Trinajstić information content (AvgIpc) is 3.06. The van der Waals surface area contributed by atoms with Gasteiger partial charge in [-0.2, -0.15) is 0 Å². The van der Waals surface area contributed by atoms with Crippen LogP contribution in [0.4, 0.5) is 0 Å². The van der Waals surface area contributed by atoms with Gasteiger partial charge in [-0.25, -0.2) is 0 Å². The fraction of sp³-hybridized carbons (Fsp3) is 0.588. The van der Waals surface area contributed by atoms with E-state index >= 15 is 0 Å². The molecule has 1 saturated carbocycles. The number of hydrogen-bond donors (Lipinski definition) is 2. The molecule has 0 bridgehead atoms. The fourth-order valence-electron chi connectivity index (χ4n) is 2.59. The van der Waals surface area contributed by atoms with E-state index in [1.807, 2.05) is 19.2 Å². The molecule has 1 aliphatic rings. The molecule has 1 aliphatic carbocycles. The second-order valence-electron chi connectivity index (χ2n) is 5.54. The zero-order chi connectivity index (χ0) is 15.6. The molecule has 0 saturated heterocycles. The normalized spacial score (nSPS) is 15.8. The summed E-state index contributed by atoms with van der Waals surface area (Å²) in [5.74, 6) is 1.75. The highest BCUT2D eigenvalue weighted by Gasteiger charge is 2.15. The van der Waals surface area contributed by atoms with E-state index in [4.69, 9.17) is 9.47 Å². The van der Waals surface area contributed by atoms with Gasteiger partial charge < -0.3 is 20.1 Å². The Hall–Kier alpha value is -1.75. The molecule has 122 valence electrons. The molecule has 1 fully saturated rings. The maximum atomic E-state index is 5.56. The second-order valence-corrected chi connectivity index (χ2v) is 5.54. The highest BCUT2D eigenvalue weighted by molar-refractivity contribution is 5.79. The van der Waals surface area contributed by atoms with Crippen molar-refractivity contribution in [3.05, 3.63) is 29.8 Å². The van der Waals surface area contributed by atoms with Crippen molar-refractivity contribution >= 4 is 5.96 Å². The van der Waals surface area contributed by atoms with Gasteiger partial charge in [-0.3, -0.25) is 4.99 Å². The van der Waals surface area contributed by atoms with E-state index in [0.717, 1.165) is 18.3 Å². The molecule has 0 atom stereocenters. The Bertz CT molecular complexity index is 453. The van der Waals surface area contributed by atoms with Gasteiger partial charge >= 0.3 is 0 Å². The predicted molar refractivity (Wildman–Crippen MR) is 89.4 cm³/mol. The summed E-state index contributed by atoms with van der Waals surface area (Å²) >= 11 is 0. The van der Waals surface area contributed by atoms with Crippen LogP contribution in [0.1, 0.15) is 31.2 Å². The molecule has 1 aromatic rings. The minimum atomic E-state index is 0.572. The SMILES string of the molecule is CN=C(NCc1ccc(OCCOC)cc1)NC1CCCC1. The minimum absolute atomic E-state index is 0.572. The molecule has 0 aliphatic heterocycles. The van der Waals surface area contributed by atoms with E-state index in [2.05, 4.69) is 27.8 Å². The maximum absolute atomic E-state index is 5.56. The number of ether oxygens (including phenoxy) is 2. The van der Waals surface area contributed by atoms with E-state index in [1.165, 1.54) is 31.2 Å². The van der Waals surface area contributed by atoms with Crippen LogP contribution >= 0.6 is 0 Å². The Morgan fingerprint density at radius 3 is 2.55 bits per heavy atom. The Balaban J connectivity index is 1.75. The van der Waals surface area contributed by atoms with Crippen LogP contribution in [-0.2, 0) is 11.3 Å². The van der Waals surface area contributed by atoms with Gasteiger partial charge in [-0.15, -0.1) is 0 Å². The molecule has 22 heavy (non-hydrogen) atoms. The molecule has 5 heteroatoms. The Morgan fingerprint density at radius 2 is 1.91 bits per heavy atom. The third-order valence-corrected chi connectivity index (χ3v) is 3.86. The molecule has 0 amide bonds. The first-order valence-electron chi connectivity index (χ1n) is 7.99. The molecule has 2 rings (SSSR count). The lowest BCUT2D eigenvalue weighted by molar-refractivity contribution is 0.146. The summed E-state index contributed by atoms with van der Waals surface area (Å²) in [6.07, 6.45) is 5.13. The van der Waals surface area contributed by atoms with Crippen LogP contribution < -0.4 is 15.4 Å². The average molecular weight is 305 g/mol. The molecular formula is C17H27N3O2. The second kappa shape index (κ2) is 9.30. The summed E-state index contributed by atoms with van der Waals surface area (Å²) in [5, 5.41) is 6.84. The van der Waals surface area contributed by atoms with E-state index in [9.17, 15) is 0 Å². The molecule has 1 aromatic carbocycles. The first kappa shape index (κ1) is 16.6. The van der Waals surface area contributed by atoms with E-state index in [0.29, 0.717) is 19.3 Å². The van der Waals surface area contributed by atoms with Crippen LogP contribution in [0.5, 0.6) is 5.75 Å². The summed E-state index contributed by atoms with van der Waals surface area (Å²) < 4.78 is 10.5. The van der Waals surface area contributed by atoms with Crippen molar-refractivity contribution in [1.29, 1.82) is 0 Å². The maximum Gasteiger partial charge on any atom is 0.191 e. The highest BCUT2D eigenvalue weighted by atomic mass is 16.5. The lowest BCUT2D eigenvalue weighted by Gasteiger charge is -2.17. The summed E-state index contributed by atoms with van der Waals surface area (Å²) in [7, 11) is 3.49. The van der Waals surface area contributed by atoms with Crippen LogP contribution in [-0.4, -0.2) is 39.4 Å². The van der Waals surface area contributed by atoms with Crippen LogP contribution in [0.15, 0.2) is 29.3 Å². The first-order valence-corrected chi connectivity index (χ1v) is 7.99. The van der Waals surface area contributed by atoms with Gasteiger partial charge in [0.15, 0.2) is 5.96 Å². The van der Waals surface area contributed by atoms with Crippen molar-refractivity contribution in [2.24, 2.45) is 4.99 Å². The summed E-state index contributed by atoms with van der Waals surface area (Å²) in [5.41, 5.74) is 1.20. The van der Waals surface area contributed by atoms with Gasteiger partial charge in [0, 0.05) is 26.7 Å². The van der Waals surface area contributed by atoms with Crippen molar-refractivity contribution < 1.29 is 9.47 Å². The number of aliphatic imine (C=N–C) groups is 1. The summed E-state index contributed by atoms with van der Waals surface area (Å²) in [6, 6.07) is 8.68. The number of nitrogens with zero attached hydrogens (tertiary/aromatic N) is 1. The van der Waals surface area contributed by atoms with Gasteiger partial charge in [-0.1, -0.05) is 25.0 Å². The van der Waals surface area contributed by atoms with Crippen molar-refractivity contribution in [1.82, 2.24) is 10.6 Å². The first-order chi connectivity index (χ1) is 10.8. The van der Waals surface area contributed by atoms with Gasteiger partial charge in [-0.05, 0) is 30.5 Å². The van der Waals surface area contributed by atoms with Crippen molar-refractivity contribution in [3.63, 3.8) is 0 Å². The van der Waals surface area contributed by atoms with Crippen molar-refractivity contribution in [2.45, 2.75) is 38.3 Å². The molecule has 2 N–H and O–H groups in total. The number of guanidine groups is 1. The Morgan fingerprint density at radius 1 is 1.18 bits per heavy atom. The largest absolute Gasteiger partial charge is 0.491 e. The van der Waals surface area contributed by atoms with E-state index in [1.54, 1.807) is 7.11 Å². The summed E-state index contributed by atoms with van der Waals surface area (Å²) in [6.45, 7) is 1.93. The van der Waals surface area contributed by atoms with Gasteiger partial charge in [0.05, 0.1) is 6.61 Å². The van der Waals surface area contributed by atoms with Crippen molar-refractivity contribution in [3.8, 4) is 5.75 Å². The van der Waals surface area contributed by atoms with Crippen LogP contribution in [0.25, 0.3) is 0 Å². The number of rotatable bonds is 7. The standard InChI is InChI=1S/C17H27N3O2/c1-18-17(20-15-5-3-4-6-15)19-13-14-7-9-16(10-8-14)22-12-11-21-2/h7-10,15H,3-6,11-13H2,1-2H3,(H2,18,19,20). The van der Waals surface area contributed by atoms with Crippen LogP contribution in [0, 0.1) is 0 Å². The lowest BCUT2D eigenvalue weighted by Crippen LogP contribution is -2.41. The summed E-state index contributed by atoms with van der Waals surface area (Å²) in [4.78, 5) is 4.29. The highest BCUT2D eigenvalue weighted by Crippen LogP contribution is 2.17. The molecule has 0 radical (unpaired) electrons. The topological polar surface area (TPSA) is 54.9 Å². The number of benzene rings is 1. The molecule has 0 aromatic heterocycles. The third kappa shape index (κ3) is 5.56. The molecule has 0 unspecified atom stereocenters. The van der Waals surface area contributed by atoms with Crippen LogP contribution in [0.3, 0.4) is 0 Å². The smallest absolute Gasteiger partial charge is 0.191 e. The van der Waals surface area contributed by atoms with Gasteiger partial charge in [0.1, 0.15) is 12.4 Å². The Labute approximate surface area is 133 Å². The number of nitrogens with one attached hydrogen (secondary N) is 2. The fourth-order valence-corrected chi connectivity index (χ4v) is 2.59. The zero-order valence-corrected chi connectivity index (χ0v) is 13.6. The minimum Gasteiger partial charge on any atom is -0.491 e. The van der Waals surface area contributed by atoms with Crippen molar-refractivity contribution in [2.75, 3.05) is 27.4 Å². The number of methoxy groups -OCH3 is 1. The molecule has 5 nitrogen and oxygen atoms in total. The Kier molecular flexibility index (Phi) is 7.03. The molecule has 0 heterocycles. The monoisotopic (exact) mass is 305 g/mol.